The van der Waals surface area contributed by atoms with Gasteiger partial charge in [0.15, 0.2) is 0 Å². The maximum Gasteiger partial charge on any atom is 0.627 e. The second-order valence-corrected chi connectivity index (χ2v) is 7.44. The first kappa shape index (κ1) is 12.2. The summed E-state index contributed by atoms with van der Waals surface area (Å²) in [6.45, 7) is 0. The molecule has 0 bridgehead atoms. The second kappa shape index (κ2) is 6.57. The normalized spacial score (nSPS) is 9.75. The molecule has 0 spiro atoms. The van der Waals surface area contributed by atoms with Gasteiger partial charge in [0.05, 0.1) is 0 Å². The first-order valence-corrected chi connectivity index (χ1v) is 9.35. The van der Waals surface area contributed by atoms with Crippen molar-refractivity contribution < 1.29 is 8.22 Å². The van der Waals surface area contributed by atoms with Gasteiger partial charge in [-0.05, 0) is 0 Å². The Bertz CT molecular complexity index is 35.8. The Hall–Kier alpha value is 1.45. The molecule has 0 aliphatic rings. The van der Waals surface area contributed by atoms with Crippen molar-refractivity contribution in [2.45, 2.75) is 0 Å². The molecule has 0 aliphatic heterocycles. The lowest BCUT2D eigenvalue weighted by molar-refractivity contribution is 0.682. The summed E-state index contributed by atoms with van der Waals surface area (Å²) in [5.41, 5.74) is 0. The van der Waals surface area contributed by atoms with Crippen molar-refractivity contribution in [3.8, 4) is 0 Å². The quantitative estimate of drug-likeness (QED) is 0.448. The Morgan fingerprint density at radius 2 is 1.12 bits per heavy atom. The molecular weight excluding hydrogens is 236 g/mol. The smallest absolute Gasteiger partial charge is 0.239 e. The highest BCUT2D eigenvalue weighted by atomic mass is 35.7. The van der Waals surface area contributed by atoms with E-state index in [0.29, 0.717) is 0 Å². The van der Waals surface area contributed by atoms with Crippen LogP contribution < -0.4 is 0 Å². The number of hydrogen-bond acceptors (Lipinski definition) is 0. The highest BCUT2D eigenvalue weighted by Crippen LogP contribution is 2.15. The van der Waals surface area contributed by atoms with E-state index in [1.165, 1.54) is 0 Å². The van der Waals surface area contributed by atoms with E-state index >= 15 is 0 Å². The highest BCUT2D eigenvalue weighted by molar-refractivity contribution is 7.38. The van der Waals surface area contributed by atoms with Gasteiger partial charge in [-0.2, -0.15) is 22.2 Å². The maximum absolute atomic E-state index is 10.7. The first-order chi connectivity index (χ1) is 3.41. The number of halogens is 6. The topological polar surface area (TPSA) is 0 Å². The van der Waals surface area contributed by atoms with E-state index in [4.69, 9.17) is 22.2 Å². The lowest BCUT2D eigenvalue weighted by atomic mass is 18.8. The fourth-order valence-corrected chi connectivity index (χ4v) is 0. The molecule has 0 nitrogen and oxygen atoms in total. The third-order valence-corrected chi connectivity index (χ3v) is 0. The fraction of sp³-hybridized carbons (Fsp3) is 0. The van der Waals surface area contributed by atoms with Crippen LogP contribution in [0.4, 0.5) is 8.22 Å². The average Bonchev–Trinajstić information content (AvgIpc) is 1.27. The zero-order valence-corrected chi connectivity index (χ0v) is 8.91. The van der Waals surface area contributed by atoms with E-state index in [9.17, 15) is 8.22 Å². The number of rotatable bonds is 0. The number of hydrogen-bond donors (Lipinski definition) is 0. The van der Waals surface area contributed by atoms with Gasteiger partial charge in [-0.3, -0.25) is 0 Å². The predicted octanol–water partition coefficient (Wildman–Crippen LogP) is 2.30. The van der Waals surface area contributed by atoms with Crippen molar-refractivity contribution in [2.24, 2.45) is 0 Å². The van der Waals surface area contributed by atoms with Crippen molar-refractivity contribution in [1.82, 2.24) is 0 Å². The Morgan fingerprint density at radius 1 is 1.12 bits per heavy atom. The molecule has 0 amide bonds. The minimum atomic E-state index is -4.67. The molecule has 0 aliphatic carbocycles. The molecule has 0 aromatic rings. The monoisotopic (exact) mass is 236 g/mol. The third kappa shape index (κ3) is 147. The molecule has 0 N–H and O–H groups in total. The molecule has 0 unspecified atom stereocenters. The lowest BCUT2D eigenvalue weighted by Crippen LogP contribution is -1.97. The minimum absolute atomic E-state index is 0.639. The van der Waals surface area contributed by atoms with Gasteiger partial charge in [-0.15, -0.1) is 0 Å². The van der Waals surface area contributed by atoms with E-state index in [0.717, 1.165) is 0 Å². The van der Waals surface area contributed by atoms with Crippen LogP contribution in [0.1, 0.15) is 0 Å². The lowest BCUT2D eigenvalue weighted by Gasteiger charge is -1.80. The van der Waals surface area contributed by atoms with Crippen LogP contribution in [0.3, 0.4) is 0 Å². The van der Waals surface area contributed by atoms with Gasteiger partial charge in [-0.25, -0.2) is 8.22 Å². The Labute approximate surface area is 68.0 Å². The van der Waals surface area contributed by atoms with Gasteiger partial charge in [0.2, 0.25) is 8.14 Å². The van der Waals surface area contributed by atoms with Gasteiger partial charge in [0, 0.05) is 0 Å². The molecule has 0 atom stereocenters. The van der Waals surface area contributed by atoms with Gasteiger partial charge in [0.1, 0.15) is 0 Å². The molecule has 0 aromatic heterocycles. The standard InChI is InChI=1S/Cl2F2Si.Cl2H2Si/c1-5(2,3)4;1-3-2/h;3H2. The van der Waals surface area contributed by atoms with Gasteiger partial charge in [0.25, 0.3) is 0 Å². The summed E-state index contributed by atoms with van der Waals surface area (Å²) in [5.74, 6) is 0. The van der Waals surface area contributed by atoms with Crippen molar-refractivity contribution in [2.75, 3.05) is 0 Å². The largest absolute Gasteiger partial charge is 0.627 e. The zero-order chi connectivity index (χ0) is 7.21. The summed E-state index contributed by atoms with van der Waals surface area (Å²) >= 11 is 18.0. The molecule has 0 aromatic carbocycles. The summed E-state index contributed by atoms with van der Waals surface area (Å²) < 4.78 is 21.4. The van der Waals surface area contributed by atoms with E-state index in [2.05, 4.69) is 22.2 Å². The average molecular weight is 238 g/mol. The van der Waals surface area contributed by atoms with E-state index in [1.54, 1.807) is 0 Å². The Kier molecular flexibility index (Phi) is 9.99. The molecular formula is H2Cl4F2Si2. The Balaban J connectivity index is 0. The second-order valence-electron chi connectivity index (χ2n) is 0.530. The highest BCUT2D eigenvalue weighted by Gasteiger charge is 2.28. The van der Waals surface area contributed by atoms with Crippen LogP contribution in [0, 0.1) is 0 Å². The summed E-state index contributed by atoms with van der Waals surface area (Å²) in [7, 11) is -5.31. The van der Waals surface area contributed by atoms with Crippen LogP contribution in [-0.2, 0) is 0 Å². The molecule has 0 heterocycles. The Morgan fingerprint density at radius 3 is 1.12 bits per heavy atom. The molecule has 8 heteroatoms. The molecule has 0 fully saturated rings. The summed E-state index contributed by atoms with van der Waals surface area (Å²) in [6, 6.07) is 0. The van der Waals surface area contributed by atoms with E-state index < -0.39 is 15.5 Å². The van der Waals surface area contributed by atoms with Crippen LogP contribution in [0.5, 0.6) is 0 Å². The van der Waals surface area contributed by atoms with Crippen LogP contribution in [0.15, 0.2) is 0 Å². The molecule has 0 rings (SSSR count). The summed E-state index contributed by atoms with van der Waals surface area (Å²) in [4.78, 5) is 0. The minimum Gasteiger partial charge on any atom is -0.239 e. The molecule has 8 heavy (non-hydrogen) atoms. The van der Waals surface area contributed by atoms with Gasteiger partial charge in [-0.1, -0.05) is 22.2 Å². The van der Waals surface area contributed by atoms with Crippen molar-refractivity contribution in [3.05, 3.63) is 0 Å². The van der Waals surface area contributed by atoms with Crippen molar-refractivity contribution in [3.63, 3.8) is 0 Å². The summed E-state index contributed by atoms with van der Waals surface area (Å²) in [6.07, 6.45) is 0. The SMILES string of the molecule is Cl[SiH2]Cl.F[Si](F)(Cl)Cl. The van der Waals surface area contributed by atoms with Crippen LogP contribution >= 0.6 is 44.3 Å². The van der Waals surface area contributed by atoms with Crippen LogP contribution in [0.2, 0.25) is 0 Å². The molecule has 0 saturated carbocycles. The van der Waals surface area contributed by atoms with Crippen molar-refractivity contribution >= 4 is 59.8 Å². The summed E-state index contributed by atoms with van der Waals surface area (Å²) in [5, 5.41) is 0. The van der Waals surface area contributed by atoms with Gasteiger partial charge < -0.3 is 0 Å². The predicted molar refractivity (Wildman–Crippen MR) is 39.9 cm³/mol. The fourth-order valence-electron chi connectivity index (χ4n) is 0. The van der Waals surface area contributed by atoms with Crippen molar-refractivity contribution in [1.29, 1.82) is 0 Å². The van der Waals surface area contributed by atoms with Crippen LogP contribution in [0.25, 0.3) is 0 Å². The van der Waals surface area contributed by atoms with E-state index in [1.807, 2.05) is 0 Å². The van der Waals surface area contributed by atoms with E-state index in [-0.39, 0.29) is 0 Å². The van der Waals surface area contributed by atoms with Gasteiger partial charge >= 0.3 is 7.36 Å². The molecule has 52 valence electrons. The zero-order valence-electron chi connectivity index (χ0n) is 3.47. The molecule has 0 saturated heterocycles. The molecule has 0 radical (unpaired) electrons. The third-order valence-electron chi connectivity index (χ3n) is 0. The first-order valence-electron chi connectivity index (χ1n) is 1.29. The maximum atomic E-state index is 10.7. The van der Waals surface area contributed by atoms with Crippen LogP contribution in [-0.4, -0.2) is 15.5 Å².